The second-order valence-corrected chi connectivity index (χ2v) is 3.78. The molecule has 1 heterocycles. The van der Waals surface area contributed by atoms with Gasteiger partial charge in [-0.15, -0.1) is 0 Å². The van der Waals surface area contributed by atoms with E-state index in [4.69, 9.17) is 5.11 Å². The van der Waals surface area contributed by atoms with Gasteiger partial charge in [-0.1, -0.05) is 6.92 Å². The molecule has 1 unspecified atom stereocenters. The Morgan fingerprint density at radius 3 is 3.06 bits per heavy atom. The van der Waals surface area contributed by atoms with Crippen molar-refractivity contribution in [3.63, 3.8) is 0 Å². The molecule has 0 saturated heterocycles. The van der Waals surface area contributed by atoms with Crippen LogP contribution in [0.15, 0.2) is 18.2 Å². The zero-order valence-electron chi connectivity index (χ0n) is 8.70. The second-order valence-electron chi connectivity index (χ2n) is 3.78. The molecule has 4 nitrogen and oxygen atoms in total. The fourth-order valence-corrected chi connectivity index (χ4v) is 1.59. The molecular formula is C11H11FN2O2. The summed E-state index contributed by atoms with van der Waals surface area (Å²) in [7, 11) is 0. The van der Waals surface area contributed by atoms with Gasteiger partial charge in [-0.3, -0.25) is 4.79 Å². The van der Waals surface area contributed by atoms with Crippen LogP contribution in [0.3, 0.4) is 0 Å². The first-order chi connectivity index (χ1) is 7.56. The first-order valence-corrected chi connectivity index (χ1v) is 4.93. The molecule has 2 rings (SSSR count). The van der Waals surface area contributed by atoms with Crippen LogP contribution in [-0.2, 0) is 4.79 Å². The number of imidazole rings is 1. The average molecular weight is 222 g/mol. The fourth-order valence-electron chi connectivity index (χ4n) is 1.59. The lowest BCUT2D eigenvalue weighted by atomic mass is 10.1. The number of benzene rings is 1. The number of carbonyl (C=O) groups is 1. The van der Waals surface area contributed by atoms with Gasteiger partial charge in [0.1, 0.15) is 11.6 Å². The van der Waals surface area contributed by atoms with Gasteiger partial charge in [-0.25, -0.2) is 9.37 Å². The second kappa shape index (κ2) is 3.92. The van der Waals surface area contributed by atoms with Gasteiger partial charge in [-0.2, -0.15) is 0 Å². The highest BCUT2D eigenvalue weighted by Gasteiger charge is 2.14. The van der Waals surface area contributed by atoms with Crippen LogP contribution in [0.5, 0.6) is 0 Å². The van der Waals surface area contributed by atoms with Gasteiger partial charge in [-0.05, 0) is 18.2 Å². The van der Waals surface area contributed by atoms with Crippen molar-refractivity contribution in [3.8, 4) is 0 Å². The fraction of sp³-hybridized carbons (Fsp3) is 0.273. The number of nitrogens with one attached hydrogen (secondary N) is 1. The summed E-state index contributed by atoms with van der Waals surface area (Å²) in [4.78, 5) is 17.7. The molecular weight excluding hydrogens is 211 g/mol. The Kier molecular flexibility index (Phi) is 2.60. The number of aromatic amines is 1. The van der Waals surface area contributed by atoms with Crippen LogP contribution in [-0.4, -0.2) is 21.0 Å². The number of rotatable bonds is 3. The van der Waals surface area contributed by atoms with Gasteiger partial charge < -0.3 is 10.1 Å². The first-order valence-electron chi connectivity index (χ1n) is 4.93. The molecule has 2 N–H and O–H groups in total. The van der Waals surface area contributed by atoms with E-state index >= 15 is 0 Å². The van der Waals surface area contributed by atoms with Crippen molar-refractivity contribution in [3.05, 3.63) is 29.8 Å². The monoisotopic (exact) mass is 222 g/mol. The third-order valence-electron chi connectivity index (χ3n) is 2.41. The van der Waals surface area contributed by atoms with Gasteiger partial charge >= 0.3 is 5.97 Å². The molecule has 1 aromatic carbocycles. The van der Waals surface area contributed by atoms with E-state index in [9.17, 15) is 9.18 Å². The lowest BCUT2D eigenvalue weighted by molar-refractivity contribution is -0.137. The van der Waals surface area contributed by atoms with E-state index in [1.54, 1.807) is 13.0 Å². The van der Waals surface area contributed by atoms with Crippen LogP contribution in [0.4, 0.5) is 4.39 Å². The number of hydrogen-bond donors (Lipinski definition) is 2. The Labute approximate surface area is 91.1 Å². The summed E-state index contributed by atoms with van der Waals surface area (Å²) in [5, 5.41) is 8.66. The van der Waals surface area contributed by atoms with E-state index in [1.165, 1.54) is 12.1 Å². The lowest BCUT2D eigenvalue weighted by Gasteiger charge is -2.03. The molecule has 0 saturated carbocycles. The summed E-state index contributed by atoms with van der Waals surface area (Å²) >= 11 is 0. The minimum atomic E-state index is -0.876. The van der Waals surface area contributed by atoms with Crippen molar-refractivity contribution < 1.29 is 14.3 Å². The maximum Gasteiger partial charge on any atom is 0.304 e. The highest BCUT2D eigenvalue weighted by atomic mass is 19.1. The number of halogens is 1. The zero-order chi connectivity index (χ0) is 11.7. The summed E-state index contributed by atoms with van der Waals surface area (Å²) < 4.78 is 12.9. The smallest absolute Gasteiger partial charge is 0.304 e. The molecule has 0 fully saturated rings. The molecule has 0 amide bonds. The third kappa shape index (κ3) is 2.03. The van der Waals surface area contributed by atoms with Gasteiger partial charge in [0, 0.05) is 5.92 Å². The number of aliphatic carboxylic acids is 1. The molecule has 0 aliphatic heterocycles. The van der Waals surface area contributed by atoms with Gasteiger partial charge in [0.15, 0.2) is 0 Å². The van der Waals surface area contributed by atoms with Crippen LogP contribution in [0.2, 0.25) is 0 Å². The maximum absolute atomic E-state index is 12.9. The Morgan fingerprint density at radius 2 is 2.38 bits per heavy atom. The van der Waals surface area contributed by atoms with Gasteiger partial charge in [0.25, 0.3) is 0 Å². The van der Waals surface area contributed by atoms with Crippen LogP contribution >= 0.6 is 0 Å². The van der Waals surface area contributed by atoms with Crippen LogP contribution in [0.25, 0.3) is 11.0 Å². The Morgan fingerprint density at radius 1 is 1.62 bits per heavy atom. The summed E-state index contributed by atoms with van der Waals surface area (Å²) in [5.74, 6) is -0.858. The number of fused-ring (bicyclic) bond motifs is 1. The molecule has 0 aliphatic rings. The van der Waals surface area contributed by atoms with Crippen molar-refractivity contribution in [1.29, 1.82) is 0 Å². The van der Waals surface area contributed by atoms with Crippen molar-refractivity contribution in [1.82, 2.24) is 9.97 Å². The van der Waals surface area contributed by atoms with Crippen LogP contribution < -0.4 is 0 Å². The molecule has 0 radical (unpaired) electrons. The average Bonchev–Trinajstić information content (AvgIpc) is 2.59. The Hall–Kier alpha value is -1.91. The Balaban J connectivity index is 2.35. The molecule has 1 aromatic heterocycles. The number of aromatic nitrogens is 2. The zero-order valence-corrected chi connectivity index (χ0v) is 8.70. The number of nitrogens with zero attached hydrogens (tertiary/aromatic N) is 1. The topological polar surface area (TPSA) is 66.0 Å². The molecule has 1 atom stereocenters. The molecule has 0 aliphatic carbocycles. The number of H-pyrrole nitrogens is 1. The number of carboxylic acids is 1. The van der Waals surface area contributed by atoms with Gasteiger partial charge in [0.2, 0.25) is 0 Å². The van der Waals surface area contributed by atoms with E-state index in [-0.39, 0.29) is 18.2 Å². The van der Waals surface area contributed by atoms with E-state index in [1.807, 2.05) is 0 Å². The SMILES string of the molecule is CC(CC(=O)O)c1nc2ccc(F)cc2[nH]1. The van der Waals surface area contributed by atoms with Crippen LogP contribution in [0, 0.1) is 5.82 Å². The van der Waals surface area contributed by atoms with Gasteiger partial charge in [0.05, 0.1) is 17.5 Å². The van der Waals surface area contributed by atoms with E-state index in [2.05, 4.69) is 9.97 Å². The summed E-state index contributed by atoms with van der Waals surface area (Å²) in [6.07, 6.45) is 0.00229. The number of hydrogen-bond acceptors (Lipinski definition) is 2. The largest absolute Gasteiger partial charge is 0.481 e. The summed E-state index contributed by atoms with van der Waals surface area (Å²) in [6, 6.07) is 4.24. The molecule has 84 valence electrons. The lowest BCUT2D eigenvalue weighted by Crippen LogP contribution is -2.04. The summed E-state index contributed by atoms with van der Waals surface area (Å²) in [5.41, 5.74) is 1.24. The number of carboxylic acid groups (broad SMARTS) is 1. The molecule has 16 heavy (non-hydrogen) atoms. The maximum atomic E-state index is 12.9. The van der Waals surface area contributed by atoms with E-state index < -0.39 is 5.97 Å². The van der Waals surface area contributed by atoms with E-state index in [0.717, 1.165) is 0 Å². The minimum Gasteiger partial charge on any atom is -0.481 e. The first kappa shape index (κ1) is 10.6. The molecule has 5 heteroatoms. The standard InChI is InChI=1S/C11H11FN2O2/c1-6(4-10(15)16)11-13-8-3-2-7(12)5-9(8)14-11/h2-3,5-6H,4H2,1H3,(H,13,14)(H,15,16). The third-order valence-corrected chi connectivity index (χ3v) is 2.41. The summed E-state index contributed by atoms with van der Waals surface area (Å²) in [6.45, 7) is 1.77. The van der Waals surface area contributed by atoms with Crippen molar-refractivity contribution in [2.45, 2.75) is 19.3 Å². The van der Waals surface area contributed by atoms with Crippen molar-refractivity contribution in [2.75, 3.05) is 0 Å². The molecule has 0 bridgehead atoms. The Bertz CT molecular complexity index is 536. The van der Waals surface area contributed by atoms with Crippen molar-refractivity contribution in [2.24, 2.45) is 0 Å². The highest BCUT2D eigenvalue weighted by molar-refractivity contribution is 5.75. The predicted octanol–water partition coefficient (Wildman–Crippen LogP) is 2.28. The molecule has 0 spiro atoms. The van der Waals surface area contributed by atoms with E-state index in [0.29, 0.717) is 16.9 Å². The minimum absolute atomic E-state index is 0.00229. The quantitative estimate of drug-likeness (QED) is 0.837. The molecule has 2 aromatic rings. The highest BCUT2D eigenvalue weighted by Crippen LogP contribution is 2.20. The van der Waals surface area contributed by atoms with Crippen LogP contribution in [0.1, 0.15) is 25.1 Å². The normalized spacial score (nSPS) is 12.9. The predicted molar refractivity (Wildman–Crippen MR) is 56.7 cm³/mol. The van der Waals surface area contributed by atoms with Crippen molar-refractivity contribution >= 4 is 17.0 Å².